The van der Waals surface area contributed by atoms with Crippen molar-refractivity contribution >= 4 is 20.2 Å². The molecule has 0 heterocycles. The summed E-state index contributed by atoms with van der Waals surface area (Å²) in [5.74, 6) is 0. The predicted octanol–water partition coefficient (Wildman–Crippen LogP) is -6.19. The van der Waals surface area contributed by atoms with Crippen molar-refractivity contribution in [3.63, 3.8) is 0 Å². The Kier molecular flexibility index (Phi) is 8.37. The molecule has 10 heteroatoms. The smallest absolute Gasteiger partial charge is 0.744 e. The summed E-state index contributed by atoms with van der Waals surface area (Å²) in [6.45, 7) is 1.24. The Morgan fingerprint density at radius 3 is 1.71 bits per heavy atom. The maximum Gasteiger partial charge on any atom is 1.00 e. The van der Waals surface area contributed by atoms with E-state index >= 15 is 0 Å². The molecular weight excluding hydrogens is 290 g/mol. The van der Waals surface area contributed by atoms with Crippen LogP contribution in [0, 0.1) is 6.92 Å². The van der Waals surface area contributed by atoms with E-state index in [1.165, 1.54) is 19.1 Å². The first kappa shape index (κ1) is 20.4. The number of hydrogen-bond acceptors (Lipinski definition) is 6. The second-order valence-corrected chi connectivity index (χ2v) is 5.47. The summed E-state index contributed by atoms with van der Waals surface area (Å²) in [6, 6.07) is 3.22. The fourth-order valence-electron chi connectivity index (χ4n) is 1.14. The van der Waals surface area contributed by atoms with Gasteiger partial charge in [0.15, 0.2) is 0 Å². The van der Waals surface area contributed by atoms with Gasteiger partial charge < -0.3 is 9.11 Å². The number of hydrogen-bond donors (Lipinski definition) is 0. The normalized spacial score (nSPS) is 11.2. The Bertz CT molecular complexity index is 593. The van der Waals surface area contributed by atoms with Crippen molar-refractivity contribution in [2.24, 2.45) is 0 Å². The van der Waals surface area contributed by atoms with E-state index in [4.69, 9.17) is 0 Å². The molecule has 0 bridgehead atoms. The zero-order valence-corrected chi connectivity index (χ0v) is 15.1. The van der Waals surface area contributed by atoms with Crippen LogP contribution in [0.3, 0.4) is 0 Å². The van der Waals surface area contributed by atoms with Crippen LogP contribution in [0.15, 0.2) is 28.0 Å². The van der Waals surface area contributed by atoms with Crippen LogP contribution in [0.1, 0.15) is 5.56 Å². The van der Waals surface area contributed by atoms with E-state index in [1.54, 1.807) is 0 Å². The molecule has 17 heavy (non-hydrogen) atoms. The molecule has 0 aliphatic rings. The molecule has 0 spiro atoms. The third kappa shape index (κ3) is 5.27. The van der Waals surface area contributed by atoms with Crippen molar-refractivity contribution in [2.45, 2.75) is 16.7 Å². The summed E-state index contributed by atoms with van der Waals surface area (Å²) >= 11 is 0. The van der Waals surface area contributed by atoms with Gasteiger partial charge in [0, 0.05) is 0 Å². The first-order chi connectivity index (χ1) is 6.64. The number of rotatable bonds is 2. The fourth-order valence-corrected chi connectivity index (χ4v) is 3.17. The van der Waals surface area contributed by atoms with Crippen molar-refractivity contribution in [1.29, 1.82) is 0 Å². The Labute approximate surface area is 144 Å². The third-order valence-electron chi connectivity index (χ3n) is 1.70. The van der Waals surface area contributed by atoms with Gasteiger partial charge in [-0.25, -0.2) is 16.8 Å². The summed E-state index contributed by atoms with van der Waals surface area (Å²) in [5, 5.41) is 0. The molecule has 0 aromatic heterocycles. The van der Waals surface area contributed by atoms with Gasteiger partial charge in [-0.2, -0.15) is 0 Å². The summed E-state index contributed by atoms with van der Waals surface area (Å²) in [5.41, 5.74) is -0.0677. The van der Waals surface area contributed by atoms with E-state index in [0.717, 1.165) is 6.07 Å². The van der Waals surface area contributed by atoms with Crippen LogP contribution in [0.4, 0.5) is 0 Å². The van der Waals surface area contributed by atoms with Gasteiger partial charge in [0.1, 0.15) is 20.2 Å². The SMILES string of the molecule is Cc1cccc(S(=O)(=O)[O-])c1S(=O)(=O)[O-].[Na+].[Na+]. The van der Waals surface area contributed by atoms with Crippen LogP contribution in [-0.4, -0.2) is 25.9 Å². The van der Waals surface area contributed by atoms with Crippen molar-refractivity contribution in [3.05, 3.63) is 23.8 Å². The van der Waals surface area contributed by atoms with Gasteiger partial charge in [0.05, 0.1) is 9.79 Å². The Balaban J connectivity index is 0. The van der Waals surface area contributed by atoms with Gasteiger partial charge in [-0.3, -0.25) is 0 Å². The summed E-state index contributed by atoms with van der Waals surface area (Å²) < 4.78 is 64.4. The predicted molar refractivity (Wildman–Crippen MR) is 47.1 cm³/mol. The van der Waals surface area contributed by atoms with Gasteiger partial charge in [-0.15, -0.1) is 0 Å². The molecule has 0 fully saturated rings. The third-order valence-corrected chi connectivity index (χ3v) is 3.75. The minimum atomic E-state index is -4.98. The molecular formula is C7H6Na2O6S2. The van der Waals surface area contributed by atoms with E-state index < -0.39 is 30.0 Å². The quantitative estimate of drug-likeness (QED) is 0.396. The molecule has 0 radical (unpaired) electrons. The summed E-state index contributed by atoms with van der Waals surface area (Å²) in [7, 11) is -9.94. The van der Waals surface area contributed by atoms with Crippen molar-refractivity contribution in [3.8, 4) is 0 Å². The average molecular weight is 296 g/mol. The molecule has 0 saturated heterocycles. The summed E-state index contributed by atoms with van der Waals surface area (Å²) in [4.78, 5) is -1.97. The van der Waals surface area contributed by atoms with Gasteiger partial charge in [0.25, 0.3) is 0 Å². The molecule has 0 saturated carbocycles. The molecule has 0 aliphatic heterocycles. The van der Waals surface area contributed by atoms with Crippen LogP contribution in [0.5, 0.6) is 0 Å². The Hall–Kier alpha value is 1.04. The summed E-state index contributed by atoms with van der Waals surface area (Å²) in [6.07, 6.45) is 0. The van der Waals surface area contributed by atoms with Crippen LogP contribution < -0.4 is 59.1 Å². The second-order valence-electron chi connectivity index (χ2n) is 2.81. The van der Waals surface area contributed by atoms with Crippen LogP contribution in [0.25, 0.3) is 0 Å². The van der Waals surface area contributed by atoms with Crippen molar-refractivity contribution in [2.75, 3.05) is 0 Å². The van der Waals surface area contributed by atoms with Crippen LogP contribution >= 0.6 is 0 Å². The molecule has 84 valence electrons. The van der Waals surface area contributed by atoms with Crippen LogP contribution in [0.2, 0.25) is 0 Å². The number of benzene rings is 1. The molecule has 0 atom stereocenters. The number of aryl methyl sites for hydroxylation is 1. The average Bonchev–Trinajstić information content (AvgIpc) is 1.99. The van der Waals surface area contributed by atoms with E-state index in [1.807, 2.05) is 0 Å². The van der Waals surface area contributed by atoms with Crippen molar-refractivity contribution in [1.82, 2.24) is 0 Å². The standard InChI is InChI=1S/C7H8O6S2.2Na/c1-5-3-2-4-6(14(8,9)10)7(5)15(11,12)13;;/h2-4H,1H3,(H,8,9,10)(H,11,12,13);;/q;2*+1/p-2. The topological polar surface area (TPSA) is 114 Å². The zero-order valence-electron chi connectivity index (χ0n) is 9.50. The Morgan fingerprint density at radius 2 is 1.41 bits per heavy atom. The molecule has 1 aromatic carbocycles. The molecule has 0 N–H and O–H groups in total. The fraction of sp³-hybridized carbons (Fsp3) is 0.143. The van der Waals surface area contributed by atoms with E-state index in [2.05, 4.69) is 0 Å². The van der Waals surface area contributed by atoms with Gasteiger partial charge in [0.2, 0.25) is 0 Å². The minimum Gasteiger partial charge on any atom is -0.744 e. The van der Waals surface area contributed by atoms with E-state index in [9.17, 15) is 25.9 Å². The van der Waals surface area contributed by atoms with Gasteiger partial charge in [-0.1, -0.05) is 12.1 Å². The first-order valence-electron chi connectivity index (χ1n) is 3.65. The van der Waals surface area contributed by atoms with Gasteiger partial charge >= 0.3 is 59.1 Å². The molecule has 0 unspecified atom stereocenters. The van der Waals surface area contributed by atoms with Crippen LogP contribution in [-0.2, 0) is 20.2 Å². The molecule has 0 amide bonds. The maximum absolute atomic E-state index is 10.8. The maximum atomic E-state index is 10.8. The Morgan fingerprint density at radius 1 is 0.941 bits per heavy atom. The molecule has 1 aromatic rings. The van der Waals surface area contributed by atoms with Gasteiger partial charge in [-0.05, 0) is 18.6 Å². The molecule has 0 aliphatic carbocycles. The van der Waals surface area contributed by atoms with E-state index in [0.29, 0.717) is 0 Å². The molecule has 6 nitrogen and oxygen atoms in total. The largest absolute Gasteiger partial charge is 1.00 e. The monoisotopic (exact) mass is 296 g/mol. The minimum absolute atomic E-state index is 0. The van der Waals surface area contributed by atoms with Crippen molar-refractivity contribution < 1.29 is 85.1 Å². The van der Waals surface area contributed by atoms with E-state index in [-0.39, 0.29) is 64.7 Å². The second kappa shape index (κ2) is 6.99. The zero-order chi connectivity index (χ0) is 11.9. The molecule has 1 rings (SSSR count). The first-order valence-corrected chi connectivity index (χ1v) is 6.47.